The number of methoxy groups -OCH3 is 1. The fourth-order valence-electron chi connectivity index (χ4n) is 1.46. The molecule has 0 fully saturated rings. The highest BCUT2D eigenvalue weighted by Crippen LogP contribution is 2.27. The van der Waals surface area contributed by atoms with Crippen LogP contribution in [0.1, 0.15) is 19.4 Å². The molecule has 0 aromatic heterocycles. The standard InChI is InChI=1S/C14H22ClNOS/c1-11(2)10-18-14-8-13(15)5-4-12(14)9-16-6-7-17-3/h4-5,8,11,16H,6-7,9-10H2,1-3H3. The van der Waals surface area contributed by atoms with Crippen molar-refractivity contribution in [2.45, 2.75) is 25.3 Å². The molecule has 1 rings (SSSR count). The van der Waals surface area contributed by atoms with Crippen molar-refractivity contribution in [3.05, 3.63) is 28.8 Å². The van der Waals surface area contributed by atoms with Gasteiger partial charge in [0.05, 0.1) is 6.61 Å². The van der Waals surface area contributed by atoms with Crippen LogP contribution < -0.4 is 5.32 Å². The molecule has 0 unspecified atom stereocenters. The Balaban J connectivity index is 2.58. The van der Waals surface area contributed by atoms with Gasteiger partial charge in [0.25, 0.3) is 0 Å². The van der Waals surface area contributed by atoms with Crippen molar-refractivity contribution in [2.75, 3.05) is 26.0 Å². The van der Waals surface area contributed by atoms with Gasteiger partial charge in [0, 0.05) is 35.9 Å². The van der Waals surface area contributed by atoms with Gasteiger partial charge in [-0.2, -0.15) is 0 Å². The number of thioether (sulfide) groups is 1. The van der Waals surface area contributed by atoms with Crippen molar-refractivity contribution in [3.63, 3.8) is 0 Å². The van der Waals surface area contributed by atoms with Crippen LogP contribution in [0.15, 0.2) is 23.1 Å². The lowest BCUT2D eigenvalue weighted by Crippen LogP contribution is -2.18. The fraction of sp³-hybridized carbons (Fsp3) is 0.571. The van der Waals surface area contributed by atoms with Crippen LogP contribution in [-0.4, -0.2) is 26.0 Å². The molecule has 18 heavy (non-hydrogen) atoms. The van der Waals surface area contributed by atoms with Gasteiger partial charge in [-0.25, -0.2) is 0 Å². The lowest BCUT2D eigenvalue weighted by atomic mass is 10.2. The van der Waals surface area contributed by atoms with Gasteiger partial charge in [-0.3, -0.25) is 0 Å². The molecule has 0 aliphatic rings. The zero-order chi connectivity index (χ0) is 13.4. The molecule has 102 valence electrons. The molecule has 0 amide bonds. The molecular formula is C14H22ClNOS. The number of rotatable bonds is 8. The minimum absolute atomic E-state index is 0.684. The molecule has 0 atom stereocenters. The van der Waals surface area contributed by atoms with Gasteiger partial charge < -0.3 is 10.1 Å². The smallest absolute Gasteiger partial charge is 0.0587 e. The van der Waals surface area contributed by atoms with Gasteiger partial charge in [-0.05, 0) is 23.6 Å². The van der Waals surface area contributed by atoms with Crippen LogP contribution in [0.4, 0.5) is 0 Å². The molecule has 0 spiro atoms. The molecule has 1 N–H and O–H groups in total. The number of hydrogen-bond acceptors (Lipinski definition) is 3. The highest BCUT2D eigenvalue weighted by molar-refractivity contribution is 7.99. The van der Waals surface area contributed by atoms with Crippen LogP contribution in [0.3, 0.4) is 0 Å². The first-order chi connectivity index (χ1) is 8.63. The maximum atomic E-state index is 6.06. The summed E-state index contributed by atoms with van der Waals surface area (Å²) in [5, 5.41) is 4.18. The summed E-state index contributed by atoms with van der Waals surface area (Å²) in [4.78, 5) is 1.28. The van der Waals surface area contributed by atoms with Crippen LogP contribution in [0.5, 0.6) is 0 Å². The van der Waals surface area contributed by atoms with Crippen LogP contribution in [0.2, 0.25) is 5.02 Å². The predicted octanol–water partition coefficient (Wildman–Crippen LogP) is 3.82. The van der Waals surface area contributed by atoms with Crippen LogP contribution in [0.25, 0.3) is 0 Å². The summed E-state index contributed by atoms with van der Waals surface area (Å²) in [6, 6.07) is 6.11. The Morgan fingerprint density at radius 3 is 2.83 bits per heavy atom. The van der Waals surface area contributed by atoms with E-state index in [2.05, 4.69) is 31.3 Å². The summed E-state index contributed by atoms with van der Waals surface area (Å²) < 4.78 is 5.02. The molecule has 0 saturated carbocycles. The van der Waals surface area contributed by atoms with E-state index < -0.39 is 0 Å². The molecule has 0 aliphatic carbocycles. The summed E-state index contributed by atoms with van der Waals surface area (Å²) in [6.07, 6.45) is 0. The normalized spacial score (nSPS) is 11.2. The van der Waals surface area contributed by atoms with Gasteiger partial charge >= 0.3 is 0 Å². The quantitative estimate of drug-likeness (QED) is 0.580. The maximum Gasteiger partial charge on any atom is 0.0587 e. The average Bonchev–Trinajstić information content (AvgIpc) is 2.34. The first-order valence-corrected chi connectivity index (χ1v) is 7.60. The third-order valence-electron chi connectivity index (χ3n) is 2.40. The number of halogens is 1. The zero-order valence-electron chi connectivity index (χ0n) is 11.3. The first-order valence-electron chi connectivity index (χ1n) is 6.24. The monoisotopic (exact) mass is 287 g/mol. The average molecular weight is 288 g/mol. The second-order valence-corrected chi connectivity index (χ2v) is 6.12. The van der Waals surface area contributed by atoms with Crippen LogP contribution in [-0.2, 0) is 11.3 Å². The molecule has 2 nitrogen and oxygen atoms in total. The molecule has 1 aromatic rings. The molecule has 0 bridgehead atoms. The molecular weight excluding hydrogens is 266 g/mol. The molecule has 1 aromatic carbocycles. The Kier molecular flexibility index (Phi) is 7.75. The van der Waals surface area contributed by atoms with E-state index in [0.717, 1.165) is 30.5 Å². The Labute approximate surface area is 119 Å². The van der Waals surface area contributed by atoms with Crippen LogP contribution in [0, 0.1) is 5.92 Å². The van der Waals surface area contributed by atoms with Gasteiger partial charge in [0.15, 0.2) is 0 Å². The number of benzene rings is 1. The lowest BCUT2D eigenvalue weighted by molar-refractivity contribution is 0.199. The maximum absolute atomic E-state index is 6.06. The number of hydrogen-bond donors (Lipinski definition) is 1. The summed E-state index contributed by atoms with van der Waals surface area (Å²) in [5.74, 6) is 1.80. The van der Waals surface area contributed by atoms with E-state index in [9.17, 15) is 0 Å². The largest absolute Gasteiger partial charge is 0.383 e. The summed E-state index contributed by atoms with van der Waals surface area (Å²) in [7, 11) is 1.72. The van der Waals surface area contributed by atoms with E-state index in [1.165, 1.54) is 10.5 Å². The minimum atomic E-state index is 0.684. The Hall–Kier alpha value is -0.220. The second kappa shape index (κ2) is 8.81. The lowest BCUT2D eigenvalue weighted by Gasteiger charge is -2.12. The topological polar surface area (TPSA) is 21.3 Å². The second-order valence-electron chi connectivity index (χ2n) is 4.63. The number of nitrogens with one attached hydrogen (secondary N) is 1. The SMILES string of the molecule is COCCNCc1ccc(Cl)cc1SCC(C)C. The fourth-order valence-corrected chi connectivity index (χ4v) is 2.75. The molecule has 0 saturated heterocycles. The van der Waals surface area contributed by atoms with E-state index >= 15 is 0 Å². The number of ether oxygens (including phenoxy) is 1. The van der Waals surface area contributed by atoms with Crippen molar-refractivity contribution < 1.29 is 4.74 Å². The molecule has 0 aliphatic heterocycles. The van der Waals surface area contributed by atoms with E-state index in [4.69, 9.17) is 16.3 Å². The van der Waals surface area contributed by atoms with Crippen molar-refractivity contribution in [1.82, 2.24) is 5.32 Å². The Bertz CT molecular complexity index is 358. The predicted molar refractivity (Wildman–Crippen MR) is 80.6 cm³/mol. The summed E-state index contributed by atoms with van der Waals surface area (Å²) in [6.45, 7) is 6.93. The van der Waals surface area contributed by atoms with Crippen molar-refractivity contribution in [2.24, 2.45) is 5.92 Å². The van der Waals surface area contributed by atoms with Crippen LogP contribution >= 0.6 is 23.4 Å². The van der Waals surface area contributed by atoms with E-state index in [-0.39, 0.29) is 0 Å². The summed E-state index contributed by atoms with van der Waals surface area (Å²) in [5.41, 5.74) is 1.31. The highest BCUT2D eigenvalue weighted by atomic mass is 35.5. The van der Waals surface area contributed by atoms with E-state index in [1.807, 2.05) is 17.8 Å². The highest BCUT2D eigenvalue weighted by Gasteiger charge is 2.05. The minimum Gasteiger partial charge on any atom is -0.383 e. The molecule has 0 heterocycles. The van der Waals surface area contributed by atoms with Gasteiger partial charge in [-0.15, -0.1) is 11.8 Å². The summed E-state index contributed by atoms with van der Waals surface area (Å²) >= 11 is 7.94. The van der Waals surface area contributed by atoms with E-state index in [0.29, 0.717) is 5.92 Å². The Morgan fingerprint density at radius 2 is 2.17 bits per heavy atom. The van der Waals surface area contributed by atoms with Gasteiger partial charge in [-0.1, -0.05) is 31.5 Å². The van der Waals surface area contributed by atoms with Crippen molar-refractivity contribution in [3.8, 4) is 0 Å². The van der Waals surface area contributed by atoms with E-state index in [1.54, 1.807) is 7.11 Å². The molecule has 4 heteroatoms. The zero-order valence-corrected chi connectivity index (χ0v) is 12.9. The van der Waals surface area contributed by atoms with Crippen molar-refractivity contribution >= 4 is 23.4 Å². The third-order valence-corrected chi connectivity index (χ3v) is 4.16. The first kappa shape index (κ1) is 15.8. The van der Waals surface area contributed by atoms with Gasteiger partial charge in [0.2, 0.25) is 0 Å². The van der Waals surface area contributed by atoms with Gasteiger partial charge in [0.1, 0.15) is 0 Å². The molecule has 0 radical (unpaired) electrons. The van der Waals surface area contributed by atoms with Crippen molar-refractivity contribution in [1.29, 1.82) is 0 Å². The Morgan fingerprint density at radius 1 is 1.39 bits per heavy atom. The third kappa shape index (κ3) is 6.10.